The average molecular weight is 418 g/mol. The number of nitrogens with one attached hydrogen (secondary N) is 1. The van der Waals surface area contributed by atoms with Crippen LogP contribution in [0.3, 0.4) is 0 Å². The van der Waals surface area contributed by atoms with Gasteiger partial charge in [-0.3, -0.25) is 14.9 Å². The molecule has 1 heterocycles. The van der Waals surface area contributed by atoms with Crippen LogP contribution in [-0.2, 0) is 11.0 Å². The number of nitro benzene ring substituents is 1. The van der Waals surface area contributed by atoms with E-state index in [1.54, 1.807) is 9.80 Å². The molecule has 0 aromatic heterocycles. The number of unbranched alkanes of at least 4 members (excludes halogenated alkanes) is 1. The van der Waals surface area contributed by atoms with Gasteiger partial charge in [-0.15, -0.1) is 0 Å². The van der Waals surface area contributed by atoms with Crippen LogP contribution in [0.1, 0.15) is 31.7 Å². The maximum absolute atomic E-state index is 12.8. The van der Waals surface area contributed by atoms with Crippen molar-refractivity contribution in [3.8, 4) is 0 Å². The van der Waals surface area contributed by atoms with Crippen molar-refractivity contribution in [2.45, 2.75) is 32.4 Å². The van der Waals surface area contributed by atoms with Crippen molar-refractivity contribution in [3.63, 3.8) is 0 Å². The highest BCUT2D eigenvalue weighted by molar-refractivity contribution is 7.80. The number of thiocarbonyl (C=S) groups is 1. The van der Waals surface area contributed by atoms with E-state index in [0.717, 1.165) is 25.0 Å². The first-order valence-electron chi connectivity index (χ1n) is 8.82. The Morgan fingerprint density at radius 2 is 1.93 bits per heavy atom. The summed E-state index contributed by atoms with van der Waals surface area (Å²) in [5.74, 6) is -0.160. The number of piperazine rings is 1. The van der Waals surface area contributed by atoms with Gasteiger partial charge in [0.25, 0.3) is 5.69 Å². The van der Waals surface area contributed by atoms with Crippen LogP contribution >= 0.6 is 12.2 Å². The fraction of sp³-hybridized carbons (Fsp3) is 0.529. The van der Waals surface area contributed by atoms with Crippen LogP contribution in [-0.4, -0.2) is 47.0 Å². The molecule has 0 aliphatic carbocycles. The molecule has 0 radical (unpaired) electrons. The quantitative estimate of drug-likeness (QED) is 0.449. The second-order valence-electron chi connectivity index (χ2n) is 6.39. The lowest BCUT2D eigenvalue weighted by Crippen LogP contribution is -2.52. The number of alkyl halides is 3. The van der Waals surface area contributed by atoms with E-state index in [9.17, 15) is 28.1 Å². The summed E-state index contributed by atoms with van der Waals surface area (Å²) in [6, 6.07) is 2.52. The largest absolute Gasteiger partial charge is 0.416 e. The smallest absolute Gasteiger partial charge is 0.362 e. The van der Waals surface area contributed by atoms with Crippen molar-refractivity contribution < 1.29 is 22.9 Å². The van der Waals surface area contributed by atoms with Crippen molar-refractivity contribution in [1.29, 1.82) is 0 Å². The third-order valence-electron chi connectivity index (χ3n) is 4.41. The van der Waals surface area contributed by atoms with Gasteiger partial charge in [0.1, 0.15) is 5.69 Å². The zero-order valence-corrected chi connectivity index (χ0v) is 16.1. The van der Waals surface area contributed by atoms with E-state index in [1.165, 1.54) is 0 Å². The van der Waals surface area contributed by atoms with Gasteiger partial charge in [0.05, 0.1) is 10.5 Å². The maximum atomic E-state index is 12.8. The minimum atomic E-state index is -4.65. The molecular weight excluding hydrogens is 397 g/mol. The molecule has 0 spiro atoms. The number of carbonyl (C=O) groups excluding carboxylic acids is 1. The van der Waals surface area contributed by atoms with E-state index in [-0.39, 0.29) is 11.6 Å². The van der Waals surface area contributed by atoms with Gasteiger partial charge < -0.3 is 15.1 Å². The Morgan fingerprint density at radius 1 is 1.29 bits per heavy atom. The second kappa shape index (κ2) is 9.18. The number of nitrogens with zero attached hydrogens (tertiary/aromatic N) is 3. The number of hydrogen-bond acceptors (Lipinski definition) is 5. The number of amides is 1. The van der Waals surface area contributed by atoms with Gasteiger partial charge in [-0.05, 0) is 30.8 Å². The minimum absolute atomic E-state index is 0.135. The van der Waals surface area contributed by atoms with Crippen molar-refractivity contribution in [3.05, 3.63) is 33.9 Å². The highest BCUT2D eigenvalue weighted by atomic mass is 32.1. The topological polar surface area (TPSA) is 78.7 Å². The zero-order valence-electron chi connectivity index (χ0n) is 15.3. The van der Waals surface area contributed by atoms with E-state index in [4.69, 9.17) is 12.2 Å². The number of nitro groups is 1. The Bertz CT molecular complexity index is 750. The first-order valence-corrected chi connectivity index (χ1v) is 9.23. The molecule has 1 aliphatic rings. The molecule has 28 heavy (non-hydrogen) atoms. The summed E-state index contributed by atoms with van der Waals surface area (Å²) < 4.78 is 38.5. The summed E-state index contributed by atoms with van der Waals surface area (Å²) in [7, 11) is 0. The Morgan fingerprint density at radius 3 is 2.46 bits per heavy atom. The number of halogens is 3. The molecule has 1 aromatic carbocycles. The Kier molecular flexibility index (Phi) is 7.17. The predicted molar refractivity (Wildman–Crippen MR) is 102 cm³/mol. The Labute approximate surface area is 165 Å². The van der Waals surface area contributed by atoms with Gasteiger partial charge in [0.2, 0.25) is 5.91 Å². The number of carbonyl (C=O) groups is 1. The van der Waals surface area contributed by atoms with Crippen LogP contribution in [0.4, 0.5) is 24.5 Å². The second-order valence-corrected chi connectivity index (χ2v) is 6.78. The van der Waals surface area contributed by atoms with Crippen LogP contribution in [0.25, 0.3) is 0 Å². The van der Waals surface area contributed by atoms with Crippen molar-refractivity contribution in [2.75, 3.05) is 31.1 Å². The summed E-state index contributed by atoms with van der Waals surface area (Å²) in [5.41, 5.74) is -1.51. The molecule has 1 amide bonds. The zero-order chi connectivity index (χ0) is 20.9. The molecule has 1 saturated heterocycles. The van der Waals surface area contributed by atoms with Crippen LogP contribution < -0.4 is 10.2 Å². The molecule has 1 aliphatic heterocycles. The summed E-state index contributed by atoms with van der Waals surface area (Å²) >= 11 is 5.22. The molecule has 0 unspecified atom stereocenters. The van der Waals surface area contributed by atoms with Crippen molar-refractivity contribution in [1.82, 2.24) is 10.2 Å². The van der Waals surface area contributed by atoms with Crippen LogP contribution in [0.15, 0.2) is 18.2 Å². The molecule has 1 fully saturated rings. The maximum Gasteiger partial charge on any atom is 0.416 e. The van der Waals surface area contributed by atoms with Crippen LogP contribution in [0.2, 0.25) is 0 Å². The molecule has 1 aromatic rings. The molecule has 1 N–H and O–H groups in total. The summed E-state index contributed by atoms with van der Waals surface area (Å²) in [6.07, 6.45) is -2.61. The lowest BCUT2D eigenvalue weighted by atomic mass is 10.1. The molecule has 0 bridgehead atoms. The van der Waals surface area contributed by atoms with E-state index in [2.05, 4.69) is 5.32 Å². The predicted octanol–water partition coefficient (Wildman–Crippen LogP) is 3.33. The van der Waals surface area contributed by atoms with E-state index in [0.29, 0.717) is 43.8 Å². The van der Waals surface area contributed by atoms with Gasteiger partial charge in [0.15, 0.2) is 5.11 Å². The highest BCUT2D eigenvalue weighted by Gasteiger charge is 2.34. The monoisotopic (exact) mass is 418 g/mol. The molecule has 0 atom stereocenters. The fourth-order valence-corrected chi connectivity index (χ4v) is 3.16. The first-order chi connectivity index (χ1) is 13.1. The minimum Gasteiger partial charge on any atom is -0.362 e. The van der Waals surface area contributed by atoms with E-state index in [1.807, 2.05) is 6.92 Å². The third-order valence-corrected chi connectivity index (χ3v) is 4.77. The van der Waals surface area contributed by atoms with Crippen molar-refractivity contribution >= 4 is 34.6 Å². The number of benzene rings is 1. The summed E-state index contributed by atoms with van der Waals surface area (Å²) in [6.45, 7) is 3.43. The van der Waals surface area contributed by atoms with Gasteiger partial charge in [-0.2, -0.15) is 13.2 Å². The normalized spacial score (nSPS) is 14.7. The van der Waals surface area contributed by atoms with Gasteiger partial charge >= 0.3 is 6.18 Å². The van der Waals surface area contributed by atoms with Gasteiger partial charge in [0, 0.05) is 38.7 Å². The third kappa shape index (κ3) is 5.54. The lowest BCUT2D eigenvalue weighted by Gasteiger charge is -2.37. The van der Waals surface area contributed by atoms with E-state index >= 15 is 0 Å². The fourth-order valence-electron chi connectivity index (χ4n) is 2.86. The lowest BCUT2D eigenvalue weighted by molar-refractivity contribution is -0.384. The van der Waals surface area contributed by atoms with Crippen LogP contribution in [0, 0.1) is 10.1 Å². The molecule has 0 saturated carbocycles. The molecule has 2 rings (SSSR count). The number of hydrogen-bond donors (Lipinski definition) is 1. The van der Waals surface area contributed by atoms with Crippen molar-refractivity contribution in [2.24, 2.45) is 0 Å². The van der Waals surface area contributed by atoms with Gasteiger partial charge in [-0.25, -0.2) is 0 Å². The summed E-state index contributed by atoms with van der Waals surface area (Å²) in [4.78, 5) is 25.6. The SMILES string of the molecule is CCCCC(=O)NC(=S)N1CCN(c2ccc(C(F)(F)F)cc2[N+](=O)[O-])CC1. The van der Waals surface area contributed by atoms with Crippen LogP contribution in [0.5, 0.6) is 0 Å². The molecule has 7 nitrogen and oxygen atoms in total. The number of anilines is 1. The molecule has 11 heteroatoms. The standard InChI is InChI=1S/C17H21F3N4O3S/c1-2-3-4-15(25)21-16(28)23-9-7-22(8-10-23)13-6-5-12(17(18,19)20)11-14(13)24(26)27/h5-6,11H,2-4,7-10H2,1H3,(H,21,25,28). The first kappa shape index (κ1) is 21.9. The Hall–Kier alpha value is -2.43. The van der Waals surface area contributed by atoms with E-state index < -0.39 is 22.4 Å². The number of rotatable bonds is 5. The molecular formula is C17H21F3N4O3S. The average Bonchev–Trinajstić information content (AvgIpc) is 2.65. The Balaban J connectivity index is 2.04. The highest BCUT2D eigenvalue weighted by Crippen LogP contribution is 2.36. The van der Waals surface area contributed by atoms with Gasteiger partial charge in [-0.1, -0.05) is 13.3 Å². The molecule has 154 valence electrons. The summed E-state index contributed by atoms with van der Waals surface area (Å²) in [5, 5.41) is 14.2.